The Labute approximate surface area is 106 Å². The van der Waals surface area contributed by atoms with Crippen molar-refractivity contribution in [2.45, 2.75) is 6.92 Å². The number of carbonyl (C=O) groups is 1. The highest BCUT2D eigenvalue weighted by Gasteiger charge is 2.24. The van der Waals surface area contributed by atoms with Crippen molar-refractivity contribution < 1.29 is 14.3 Å². The van der Waals surface area contributed by atoms with Crippen LogP contribution >= 0.6 is 0 Å². The van der Waals surface area contributed by atoms with Gasteiger partial charge in [-0.3, -0.25) is 4.79 Å². The summed E-state index contributed by atoms with van der Waals surface area (Å²) in [4.78, 5) is 11.8. The Balaban J connectivity index is 2.07. The first-order valence-electron chi connectivity index (χ1n) is 6.07. The van der Waals surface area contributed by atoms with E-state index in [2.05, 4.69) is 10.6 Å². The van der Waals surface area contributed by atoms with E-state index in [0.29, 0.717) is 18.1 Å². The van der Waals surface area contributed by atoms with Gasteiger partial charge in [0.25, 0.3) is 0 Å². The van der Waals surface area contributed by atoms with E-state index < -0.39 is 0 Å². The van der Waals surface area contributed by atoms with E-state index in [0.717, 1.165) is 18.8 Å². The van der Waals surface area contributed by atoms with Crippen molar-refractivity contribution in [2.75, 3.05) is 32.1 Å². The second kappa shape index (κ2) is 5.73. The largest absolute Gasteiger partial charge is 0.493 e. The van der Waals surface area contributed by atoms with Crippen LogP contribution in [-0.4, -0.2) is 32.7 Å². The molecular weight excluding hydrogens is 232 g/mol. The summed E-state index contributed by atoms with van der Waals surface area (Å²) in [6, 6.07) is 5.39. The molecule has 0 atom stereocenters. The number of methoxy groups -OCH3 is 1. The van der Waals surface area contributed by atoms with Crippen LogP contribution in [0.15, 0.2) is 18.2 Å². The lowest BCUT2D eigenvalue weighted by molar-refractivity contribution is -0.121. The van der Waals surface area contributed by atoms with Crippen molar-refractivity contribution in [3.05, 3.63) is 18.2 Å². The molecule has 98 valence electrons. The van der Waals surface area contributed by atoms with Gasteiger partial charge in [-0.1, -0.05) is 0 Å². The van der Waals surface area contributed by atoms with E-state index in [4.69, 9.17) is 9.47 Å². The number of carbonyl (C=O) groups excluding carboxylic acids is 1. The first kappa shape index (κ1) is 12.7. The first-order valence-corrected chi connectivity index (χ1v) is 6.07. The normalized spacial score (nSPS) is 14.8. The molecule has 2 N–H and O–H groups in total. The quantitative estimate of drug-likeness (QED) is 0.825. The molecule has 0 spiro atoms. The van der Waals surface area contributed by atoms with Crippen molar-refractivity contribution in [1.82, 2.24) is 5.32 Å². The molecule has 0 unspecified atom stereocenters. The maximum absolute atomic E-state index is 11.8. The molecule has 1 amide bonds. The van der Waals surface area contributed by atoms with Crippen LogP contribution in [0.4, 0.5) is 5.69 Å². The molecule has 0 saturated carbocycles. The molecule has 5 nitrogen and oxygen atoms in total. The third-order valence-electron chi connectivity index (χ3n) is 2.88. The van der Waals surface area contributed by atoms with Gasteiger partial charge in [0.2, 0.25) is 5.91 Å². The second-order valence-corrected chi connectivity index (χ2v) is 4.14. The highest BCUT2D eigenvalue weighted by atomic mass is 16.5. The zero-order valence-corrected chi connectivity index (χ0v) is 10.7. The number of benzene rings is 1. The molecule has 1 saturated heterocycles. The Morgan fingerprint density at radius 3 is 2.78 bits per heavy atom. The van der Waals surface area contributed by atoms with Gasteiger partial charge in [0.1, 0.15) is 0 Å². The SMILES string of the molecule is CCOc1cc(NC(=O)C2CNC2)ccc1OC. The van der Waals surface area contributed by atoms with E-state index in [1.807, 2.05) is 13.0 Å². The number of ether oxygens (including phenoxy) is 2. The standard InChI is InChI=1S/C13H18N2O3/c1-3-18-12-6-10(4-5-11(12)17-2)15-13(16)9-7-14-8-9/h4-6,9,14H,3,7-8H2,1-2H3,(H,15,16). The van der Waals surface area contributed by atoms with Gasteiger partial charge in [0.15, 0.2) is 11.5 Å². The van der Waals surface area contributed by atoms with Gasteiger partial charge in [-0.15, -0.1) is 0 Å². The van der Waals surface area contributed by atoms with Gasteiger partial charge in [-0.2, -0.15) is 0 Å². The maximum Gasteiger partial charge on any atom is 0.230 e. The van der Waals surface area contributed by atoms with Crippen LogP contribution in [0.5, 0.6) is 11.5 Å². The van der Waals surface area contributed by atoms with Crippen LogP contribution in [0, 0.1) is 5.92 Å². The second-order valence-electron chi connectivity index (χ2n) is 4.14. The molecule has 0 aromatic heterocycles. The lowest BCUT2D eigenvalue weighted by atomic mass is 10.0. The van der Waals surface area contributed by atoms with E-state index in [9.17, 15) is 4.79 Å². The predicted molar refractivity (Wildman–Crippen MR) is 69.2 cm³/mol. The molecule has 2 rings (SSSR count). The molecule has 18 heavy (non-hydrogen) atoms. The third kappa shape index (κ3) is 2.73. The molecule has 1 aromatic rings. The third-order valence-corrected chi connectivity index (χ3v) is 2.88. The molecule has 0 bridgehead atoms. The fourth-order valence-corrected chi connectivity index (χ4v) is 1.74. The molecule has 5 heteroatoms. The number of nitrogens with one attached hydrogen (secondary N) is 2. The van der Waals surface area contributed by atoms with Crippen molar-refractivity contribution in [3.8, 4) is 11.5 Å². The van der Waals surface area contributed by atoms with Crippen molar-refractivity contribution in [1.29, 1.82) is 0 Å². The smallest absolute Gasteiger partial charge is 0.230 e. The zero-order valence-electron chi connectivity index (χ0n) is 10.7. The molecule has 0 aliphatic carbocycles. The lowest BCUT2D eigenvalue weighted by Crippen LogP contribution is -2.48. The Hall–Kier alpha value is -1.75. The minimum atomic E-state index is 0.0429. The average Bonchev–Trinajstić information content (AvgIpc) is 2.27. The number of hydrogen-bond acceptors (Lipinski definition) is 4. The predicted octanol–water partition coefficient (Wildman–Crippen LogP) is 1.25. The number of hydrogen-bond donors (Lipinski definition) is 2. The van der Waals surface area contributed by atoms with Crippen LogP contribution in [0.25, 0.3) is 0 Å². The number of amides is 1. The summed E-state index contributed by atoms with van der Waals surface area (Å²) in [7, 11) is 1.59. The summed E-state index contributed by atoms with van der Waals surface area (Å²) in [5.74, 6) is 1.42. The van der Waals surface area contributed by atoms with E-state index in [1.54, 1.807) is 19.2 Å². The van der Waals surface area contributed by atoms with Crippen molar-refractivity contribution in [3.63, 3.8) is 0 Å². The van der Waals surface area contributed by atoms with Crippen LogP contribution in [0.1, 0.15) is 6.92 Å². The Bertz CT molecular complexity index is 430. The van der Waals surface area contributed by atoms with Crippen molar-refractivity contribution in [2.24, 2.45) is 5.92 Å². The molecular formula is C13H18N2O3. The van der Waals surface area contributed by atoms with Crippen LogP contribution in [0.2, 0.25) is 0 Å². The maximum atomic E-state index is 11.8. The summed E-state index contributed by atoms with van der Waals surface area (Å²) in [6.45, 7) is 3.96. The fraction of sp³-hybridized carbons (Fsp3) is 0.462. The summed E-state index contributed by atoms with van der Waals surface area (Å²) < 4.78 is 10.7. The van der Waals surface area contributed by atoms with Gasteiger partial charge in [-0.05, 0) is 19.1 Å². The van der Waals surface area contributed by atoms with E-state index in [-0.39, 0.29) is 11.8 Å². The molecule has 1 fully saturated rings. The molecule has 1 aliphatic heterocycles. The molecule has 1 heterocycles. The topological polar surface area (TPSA) is 59.6 Å². The van der Waals surface area contributed by atoms with Gasteiger partial charge >= 0.3 is 0 Å². The summed E-state index contributed by atoms with van der Waals surface area (Å²) in [5, 5.41) is 5.95. The van der Waals surface area contributed by atoms with Gasteiger partial charge < -0.3 is 20.1 Å². The monoisotopic (exact) mass is 250 g/mol. The zero-order chi connectivity index (χ0) is 13.0. The number of anilines is 1. The molecule has 0 radical (unpaired) electrons. The lowest BCUT2D eigenvalue weighted by Gasteiger charge is -2.25. The van der Waals surface area contributed by atoms with E-state index in [1.165, 1.54) is 0 Å². The first-order chi connectivity index (χ1) is 8.74. The molecule has 1 aliphatic rings. The van der Waals surface area contributed by atoms with Gasteiger partial charge in [0.05, 0.1) is 19.6 Å². The highest BCUT2D eigenvalue weighted by molar-refractivity contribution is 5.93. The summed E-state index contributed by atoms with van der Waals surface area (Å²) in [5.41, 5.74) is 0.733. The fourth-order valence-electron chi connectivity index (χ4n) is 1.74. The van der Waals surface area contributed by atoms with E-state index >= 15 is 0 Å². The Morgan fingerprint density at radius 2 is 2.22 bits per heavy atom. The minimum absolute atomic E-state index is 0.0429. The molecule has 1 aromatic carbocycles. The average molecular weight is 250 g/mol. The summed E-state index contributed by atoms with van der Waals surface area (Å²) >= 11 is 0. The summed E-state index contributed by atoms with van der Waals surface area (Å²) in [6.07, 6.45) is 0. The van der Waals surface area contributed by atoms with Gasteiger partial charge in [0, 0.05) is 24.8 Å². The Kier molecular flexibility index (Phi) is 4.04. The number of rotatable bonds is 5. The minimum Gasteiger partial charge on any atom is -0.493 e. The van der Waals surface area contributed by atoms with Crippen LogP contribution in [-0.2, 0) is 4.79 Å². The van der Waals surface area contributed by atoms with Crippen LogP contribution < -0.4 is 20.1 Å². The van der Waals surface area contributed by atoms with Crippen molar-refractivity contribution >= 4 is 11.6 Å². The highest BCUT2D eigenvalue weighted by Crippen LogP contribution is 2.30. The van der Waals surface area contributed by atoms with Gasteiger partial charge in [-0.25, -0.2) is 0 Å². The van der Waals surface area contributed by atoms with Crippen LogP contribution in [0.3, 0.4) is 0 Å². The Morgan fingerprint density at radius 1 is 1.44 bits per heavy atom.